The van der Waals surface area contributed by atoms with Gasteiger partial charge in [-0.05, 0) is 47.0 Å². The van der Waals surface area contributed by atoms with Crippen molar-refractivity contribution < 1.29 is 0 Å². The lowest BCUT2D eigenvalue weighted by atomic mass is 10.00. The Bertz CT molecular complexity index is 2080. The number of benzene rings is 6. The molecular formula is C38H26N2. The van der Waals surface area contributed by atoms with Crippen molar-refractivity contribution in [1.82, 2.24) is 9.13 Å². The van der Waals surface area contributed by atoms with Gasteiger partial charge in [0, 0.05) is 33.6 Å². The summed E-state index contributed by atoms with van der Waals surface area (Å²) in [5, 5.41) is 3.77. The van der Waals surface area contributed by atoms with Gasteiger partial charge < -0.3 is 9.13 Å². The van der Waals surface area contributed by atoms with Crippen LogP contribution in [0.1, 0.15) is 0 Å². The molecule has 0 saturated heterocycles. The van der Waals surface area contributed by atoms with Crippen molar-refractivity contribution in [3.8, 4) is 33.6 Å². The van der Waals surface area contributed by atoms with E-state index >= 15 is 0 Å². The molecule has 0 amide bonds. The second kappa shape index (κ2) is 9.14. The number of hydrogen-bond donors (Lipinski definition) is 0. The molecule has 2 heterocycles. The molecule has 0 aliphatic heterocycles. The quantitative estimate of drug-likeness (QED) is 0.223. The first-order chi connectivity index (χ1) is 19.9. The topological polar surface area (TPSA) is 9.86 Å². The van der Waals surface area contributed by atoms with Crippen molar-refractivity contribution in [2.75, 3.05) is 0 Å². The summed E-state index contributed by atoms with van der Waals surface area (Å²) < 4.78 is 4.78. The lowest BCUT2D eigenvalue weighted by molar-refractivity contribution is 1.10. The molecule has 0 atom stereocenters. The minimum atomic E-state index is 1.15. The van der Waals surface area contributed by atoms with Gasteiger partial charge in [0.1, 0.15) is 0 Å². The number of hydrogen-bond acceptors (Lipinski definition) is 0. The van der Waals surface area contributed by atoms with Gasteiger partial charge in [0.05, 0.1) is 22.2 Å². The van der Waals surface area contributed by atoms with Crippen LogP contribution in [0.4, 0.5) is 0 Å². The molecule has 40 heavy (non-hydrogen) atoms. The third kappa shape index (κ3) is 3.50. The molecule has 0 fully saturated rings. The molecule has 0 spiro atoms. The average Bonchev–Trinajstić information content (AvgIpc) is 3.59. The first-order valence-electron chi connectivity index (χ1n) is 13.7. The highest BCUT2D eigenvalue weighted by Gasteiger charge is 2.19. The fourth-order valence-electron chi connectivity index (χ4n) is 6.12. The molecule has 2 aromatic heterocycles. The molecule has 0 radical (unpaired) electrons. The monoisotopic (exact) mass is 510 g/mol. The van der Waals surface area contributed by atoms with Crippen molar-refractivity contribution in [3.05, 3.63) is 158 Å². The Hall–Kier alpha value is -5.34. The maximum Gasteiger partial charge on any atom is 0.0777 e. The summed E-state index contributed by atoms with van der Waals surface area (Å²) in [6.07, 6.45) is 2.30. The summed E-state index contributed by atoms with van der Waals surface area (Å²) >= 11 is 0. The van der Waals surface area contributed by atoms with Gasteiger partial charge in [-0.3, -0.25) is 0 Å². The largest absolute Gasteiger partial charge is 0.314 e. The molecule has 0 bridgehead atoms. The Morgan fingerprint density at radius 2 is 0.900 bits per heavy atom. The van der Waals surface area contributed by atoms with Crippen LogP contribution in [0, 0.1) is 0 Å². The first kappa shape index (κ1) is 22.6. The van der Waals surface area contributed by atoms with Crippen molar-refractivity contribution in [1.29, 1.82) is 0 Å². The number of rotatable bonds is 4. The average molecular weight is 511 g/mol. The maximum atomic E-state index is 2.43. The van der Waals surface area contributed by atoms with E-state index in [1.807, 2.05) is 0 Å². The maximum absolute atomic E-state index is 2.43. The Balaban J connectivity index is 1.42. The number of nitrogens with zero attached hydrogens (tertiary/aromatic N) is 2. The zero-order valence-corrected chi connectivity index (χ0v) is 21.9. The molecule has 0 N–H and O–H groups in total. The lowest BCUT2D eigenvalue weighted by Gasteiger charge is -2.13. The predicted molar refractivity (Wildman–Crippen MR) is 168 cm³/mol. The van der Waals surface area contributed by atoms with Gasteiger partial charge in [0.25, 0.3) is 0 Å². The van der Waals surface area contributed by atoms with Gasteiger partial charge in [0.2, 0.25) is 0 Å². The standard InChI is InChI=1S/C38H26N2/c1-3-12-27(13-4-1)28-22-24-29(25-23-28)34-26-39(30-14-5-2-6-15-30)38-33(34)18-11-21-37(38)40-35-19-9-7-16-31(35)32-17-8-10-20-36(32)40/h1-26H. The highest BCUT2D eigenvalue weighted by molar-refractivity contribution is 6.11. The van der Waals surface area contributed by atoms with Crippen molar-refractivity contribution in [2.24, 2.45) is 0 Å². The van der Waals surface area contributed by atoms with E-state index < -0.39 is 0 Å². The van der Waals surface area contributed by atoms with Crippen LogP contribution in [0.2, 0.25) is 0 Å². The van der Waals surface area contributed by atoms with Crippen LogP contribution in [-0.4, -0.2) is 9.13 Å². The lowest BCUT2D eigenvalue weighted by Crippen LogP contribution is -1.99. The summed E-state index contributed by atoms with van der Waals surface area (Å²) in [5.74, 6) is 0. The Kier molecular flexibility index (Phi) is 5.17. The van der Waals surface area contributed by atoms with E-state index in [2.05, 4.69) is 167 Å². The fourth-order valence-corrected chi connectivity index (χ4v) is 6.12. The van der Waals surface area contributed by atoms with Gasteiger partial charge >= 0.3 is 0 Å². The van der Waals surface area contributed by atoms with Gasteiger partial charge in [-0.15, -0.1) is 0 Å². The highest BCUT2D eigenvalue weighted by Crippen LogP contribution is 2.39. The zero-order chi connectivity index (χ0) is 26.5. The smallest absolute Gasteiger partial charge is 0.0777 e. The Morgan fingerprint density at radius 3 is 1.57 bits per heavy atom. The summed E-state index contributed by atoms with van der Waals surface area (Å²) in [7, 11) is 0. The van der Waals surface area contributed by atoms with E-state index in [0.717, 1.165) is 5.69 Å². The van der Waals surface area contributed by atoms with Crippen LogP contribution in [-0.2, 0) is 0 Å². The van der Waals surface area contributed by atoms with Crippen molar-refractivity contribution >= 4 is 32.7 Å². The van der Waals surface area contributed by atoms with Gasteiger partial charge in [0.15, 0.2) is 0 Å². The molecule has 0 saturated carbocycles. The minimum Gasteiger partial charge on any atom is -0.314 e. The number of fused-ring (bicyclic) bond motifs is 4. The third-order valence-corrected chi connectivity index (χ3v) is 7.96. The van der Waals surface area contributed by atoms with Crippen LogP contribution in [0.25, 0.3) is 66.3 Å². The Labute approximate surface area is 233 Å². The van der Waals surface area contributed by atoms with E-state index in [0.29, 0.717) is 0 Å². The molecule has 0 aliphatic rings. The molecule has 6 aromatic carbocycles. The van der Waals surface area contributed by atoms with Crippen LogP contribution in [0.15, 0.2) is 158 Å². The second-order valence-electron chi connectivity index (χ2n) is 10.2. The minimum absolute atomic E-state index is 1.15. The zero-order valence-electron chi connectivity index (χ0n) is 21.9. The van der Waals surface area contributed by atoms with E-state index in [4.69, 9.17) is 0 Å². The summed E-state index contributed by atoms with van der Waals surface area (Å²) in [5.41, 5.74) is 10.8. The highest BCUT2D eigenvalue weighted by atomic mass is 15.0. The van der Waals surface area contributed by atoms with E-state index in [-0.39, 0.29) is 0 Å². The molecule has 8 aromatic rings. The van der Waals surface area contributed by atoms with Crippen LogP contribution in [0.3, 0.4) is 0 Å². The number of aromatic nitrogens is 2. The van der Waals surface area contributed by atoms with Crippen molar-refractivity contribution in [2.45, 2.75) is 0 Å². The SMILES string of the molecule is c1ccc(-c2ccc(-c3cn(-c4ccccc4)c4c(-n5c6ccccc6c6ccccc65)cccc34)cc2)cc1. The van der Waals surface area contributed by atoms with Gasteiger partial charge in [-0.1, -0.05) is 121 Å². The summed E-state index contributed by atoms with van der Waals surface area (Å²) in [6.45, 7) is 0. The van der Waals surface area contributed by atoms with E-state index in [9.17, 15) is 0 Å². The molecule has 8 rings (SSSR count). The third-order valence-electron chi connectivity index (χ3n) is 7.96. The van der Waals surface area contributed by atoms with Gasteiger partial charge in [-0.2, -0.15) is 0 Å². The van der Waals surface area contributed by atoms with Gasteiger partial charge in [-0.25, -0.2) is 0 Å². The molecule has 0 unspecified atom stereocenters. The number of para-hydroxylation sites is 4. The summed E-state index contributed by atoms with van der Waals surface area (Å²) in [6, 6.07) is 54.3. The molecular weight excluding hydrogens is 484 g/mol. The van der Waals surface area contributed by atoms with Crippen LogP contribution < -0.4 is 0 Å². The molecule has 0 aliphatic carbocycles. The summed E-state index contributed by atoms with van der Waals surface area (Å²) in [4.78, 5) is 0. The van der Waals surface area contributed by atoms with Crippen LogP contribution in [0.5, 0.6) is 0 Å². The predicted octanol–water partition coefficient (Wildman–Crippen LogP) is 10.1. The van der Waals surface area contributed by atoms with Crippen molar-refractivity contribution in [3.63, 3.8) is 0 Å². The normalized spacial score (nSPS) is 11.5. The second-order valence-corrected chi connectivity index (χ2v) is 10.2. The van der Waals surface area contributed by atoms with E-state index in [1.54, 1.807) is 0 Å². The first-order valence-corrected chi connectivity index (χ1v) is 13.7. The van der Waals surface area contributed by atoms with E-state index in [1.165, 1.54) is 60.6 Å². The molecule has 188 valence electrons. The van der Waals surface area contributed by atoms with Crippen LogP contribution >= 0.6 is 0 Å². The molecule has 2 heteroatoms. The fraction of sp³-hybridized carbons (Fsp3) is 0. The molecule has 2 nitrogen and oxygen atoms in total. The Morgan fingerprint density at radius 1 is 0.375 bits per heavy atom.